The molecule has 0 saturated heterocycles. The van der Waals surface area contributed by atoms with E-state index in [1.165, 1.54) is 0 Å². The van der Waals surface area contributed by atoms with E-state index in [-0.39, 0.29) is 0 Å². The highest BCUT2D eigenvalue weighted by molar-refractivity contribution is 9.10. The van der Waals surface area contributed by atoms with Crippen molar-refractivity contribution in [2.45, 2.75) is 13.0 Å². The fourth-order valence-electron chi connectivity index (χ4n) is 1.55. The van der Waals surface area contributed by atoms with E-state index in [1.807, 2.05) is 35.0 Å². The van der Waals surface area contributed by atoms with Crippen molar-refractivity contribution in [2.75, 3.05) is 0 Å². The van der Waals surface area contributed by atoms with Gasteiger partial charge in [0, 0.05) is 23.3 Å². The van der Waals surface area contributed by atoms with Gasteiger partial charge in [0.1, 0.15) is 0 Å². The molecule has 0 amide bonds. The fraction of sp³-hybridized carbons (Fsp3) is 0.167. The third-order valence-corrected chi connectivity index (χ3v) is 2.92. The molecule has 2 rings (SSSR count). The van der Waals surface area contributed by atoms with E-state index in [0.717, 1.165) is 10.0 Å². The molecule has 0 bridgehead atoms. The van der Waals surface area contributed by atoms with Crippen LogP contribution in [0.25, 0.3) is 0 Å². The summed E-state index contributed by atoms with van der Waals surface area (Å²) >= 11 is 3.39. The SMILES string of the molecule is O/N=C(\Cc1ccc(Br)cc1)Cn1ccnc1. The Hall–Kier alpha value is -1.62. The Morgan fingerprint density at radius 1 is 1.35 bits per heavy atom. The molecular formula is C12H12BrN3O. The van der Waals surface area contributed by atoms with Crippen molar-refractivity contribution in [2.24, 2.45) is 5.16 Å². The number of hydrogen-bond donors (Lipinski definition) is 1. The van der Waals surface area contributed by atoms with Gasteiger partial charge < -0.3 is 9.77 Å². The number of nitrogens with zero attached hydrogens (tertiary/aromatic N) is 3. The monoisotopic (exact) mass is 293 g/mol. The first kappa shape index (κ1) is 11.9. The average molecular weight is 294 g/mol. The van der Waals surface area contributed by atoms with Crippen LogP contribution in [0.2, 0.25) is 0 Å². The summed E-state index contributed by atoms with van der Waals surface area (Å²) in [6.07, 6.45) is 5.87. The standard InChI is InChI=1S/C12H12BrN3O/c13-11-3-1-10(2-4-11)7-12(15-17)8-16-6-5-14-9-16/h1-6,9,17H,7-8H2/b15-12+. The van der Waals surface area contributed by atoms with Crippen LogP contribution < -0.4 is 0 Å². The first-order valence-corrected chi connectivity index (χ1v) is 5.97. The summed E-state index contributed by atoms with van der Waals surface area (Å²) in [5.74, 6) is 0. The zero-order valence-electron chi connectivity index (χ0n) is 9.12. The summed E-state index contributed by atoms with van der Waals surface area (Å²) in [7, 11) is 0. The molecule has 0 unspecified atom stereocenters. The molecule has 0 aliphatic rings. The molecule has 4 nitrogen and oxygen atoms in total. The smallest absolute Gasteiger partial charge is 0.0949 e. The predicted octanol–water partition coefficient (Wildman–Crippen LogP) is 2.72. The van der Waals surface area contributed by atoms with Crippen LogP contribution in [-0.2, 0) is 13.0 Å². The van der Waals surface area contributed by atoms with E-state index in [4.69, 9.17) is 5.21 Å². The van der Waals surface area contributed by atoms with Crippen LogP contribution in [0.5, 0.6) is 0 Å². The Kier molecular flexibility index (Phi) is 3.93. The van der Waals surface area contributed by atoms with Gasteiger partial charge in [-0.2, -0.15) is 0 Å². The second-order valence-electron chi connectivity index (χ2n) is 3.70. The Balaban J connectivity index is 2.03. The van der Waals surface area contributed by atoms with Gasteiger partial charge in [-0.25, -0.2) is 4.98 Å². The molecule has 2 aromatic rings. The number of aromatic nitrogens is 2. The lowest BCUT2D eigenvalue weighted by Crippen LogP contribution is -2.11. The molecule has 0 radical (unpaired) electrons. The van der Waals surface area contributed by atoms with Crippen LogP contribution >= 0.6 is 15.9 Å². The Morgan fingerprint density at radius 2 is 2.12 bits per heavy atom. The molecule has 0 spiro atoms. The predicted molar refractivity (Wildman–Crippen MR) is 69.3 cm³/mol. The molecule has 17 heavy (non-hydrogen) atoms. The molecule has 1 aromatic carbocycles. The molecule has 0 fully saturated rings. The van der Waals surface area contributed by atoms with Crippen LogP contribution in [-0.4, -0.2) is 20.5 Å². The van der Waals surface area contributed by atoms with Gasteiger partial charge in [0.2, 0.25) is 0 Å². The third-order valence-electron chi connectivity index (χ3n) is 2.39. The third kappa shape index (κ3) is 3.42. The molecule has 1 N–H and O–H groups in total. The average Bonchev–Trinajstić information content (AvgIpc) is 2.84. The van der Waals surface area contributed by atoms with Gasteiger partial charge in [0.25, 0.3) is 0 Å². The summed E-state index contributed by atoms with van der Waals surface area (Å²) in [5, 5.41) is 12.3. The van der Waals surface area contributed by atoms with Crippen LogP contribution in [0.15, 0.2) is 52.6 Å². The number of halogens is 1. The molecule has 0 atom stereocenters. The second kappa shape index (κ2) is 5.63. The number of oxime groups is 1. The number of imidazole rings is 1. The molecule has 88 valence electrons. The first-order chi connectivity index (χ1) is 8.28. The molecule has 1 heterocycles. The summed E-state index contributed by atoms with van der Waals surface area (Å²) in [4.78, 5) is 3.95. The summed E-state index contributed by atoms with van der Waals surface area (Å²) < 4.78 is 2.91. The zero-order valence-corrected chi connectivity index (χ0v) is 10.7. The van der Waals surface area contributed by atoms with E-state index >= 15 is 0 Å². The van der Waals surface area contributed by atoms with Crippen molar-refractivity contribution in [3.63, 3.8) is 0 Å². The second-order valence-corrected chi connectivity index (χ2v) is 4.62. The van der Waals surface area contributed by atoms with Gasteiger partial charge in [0.05, 0.1) is 18.6 Å². The highest BCUT2D eigenvalue weighted by Gasteiger charge is 2.03. The number of benzene rings is 1. The number of rotatable bonds is 4. The van der Waals surface area contributed by atoms with Crippen molar-refractivity contribution in [3.05, 3.63) is 53.0 Å². The summed E-state index contributed by atoms with van der Waals surface area (Å²) in [6, 6.07) is 7.95. The van der Waals surface area contributed by atoms with Gasteiger partial charge in [-0.1, -0.05) is 33.2 Å². The van der Waals surface area contributed by atoms with Gasteiger partial charge in [-0.15, -0.1) is 0 Å². The minimum atomic E-state index is 0.548. The molecule has 5 heteroatoms. The van der Waals surface area contributed by atoms with Crippen molar-refractivity contribution in [1.29, 1.82) is 0 Å². The van der Waals surface area contributed by atoms with E-state index < -0.39 is 0 Å². The van der Waals surface area contributed by atoms with Gasteiger partial charge in [0.15, 0.2) is 0 Å². The molecule has 0 aliphatic heterocycles. The molecular weight excluding hydrogens is 282 g/mol. The Morgan fingerprint density at radius 3 is 2.71 bits per heavy atom. The van der Waals surface area contributed by atoms with E-state index in [2.05, 4.69) is 26.1 Å². The lowest BCUT2D eigenvalue weighted by atomic mass is 10.1. The van der Waals surface area contributed by atoms with Crippen molar-refractivity contribution in [1.82, 2.24) is 9.55 Å². The van der Waals surface area contributed by atoms with Crippen LogP contribution in [0.4, 0.5) is 0 Å². The Labute approximate surface area is 108 Å². The topological polar surface area (TPSA) is 50.4 Å². The lowest BCUT2D eigenvalue weighted by Gasteiger charge is -2.05. The van der Waals surface area contributed by atoms with Crippen molar-refractivity contribution in [3.8, 4) is 0 Å². The van der Waals surface area contributed by atoms with Crippen LogP contribution in [0.1, 0.15) is 5.56 Å². The normalized spacial score (nSPS) is 11.7. The highest BCUT2D eigenvalue weighted by atomic mass is 79.9. The quantitative estimate of drug-likeness (QED) is 0.535. The van der Waals surface area contributed by atoms with Crippen LogP contribution in [0, 0.1) is 0 Å². The van der Waals surface area contributed by atoms with Crippen molar-refractivity contribution >= 4 is 21.6 Å². The maximum absolute atomic E-state index is 8.99. The first-order valence-electron chi connectivity index (χ1n) is 5.18. The minimum absolute atomic E-state index is 0.548. The lowest BCUT2D eigenvalue weighted by molar-refractivity contribution is 0.316. The minimum Gasteiger partial charge on any atom is -0.411 e. The summed E-state index contributed by atoms with van der Waals surface area (Å²) in [5.41, 5.74) is 1.81. The van der Waals surface area contributed by atoms with Gasteiger partial charge in [-0.05, 0) is 17.7 Å². The molecule has 1 aromatic heterocycles. The molecule has 0 aliphatic carbocycles. The zero-order chi connectivity index (χ0) is 12.1. The van der Waals surface area contributed by atoms with Gasteiger partial charge in [-0.3, -0.25) is 0 Å². The van der Waals surface area contributed by atoms with Crippen LogP contribution in [0.3, 0.4) is 0 Å². The molecule has 0 saturated carbocycles. The fourth-order valence-corrected chi connectivity index (χ4v) is 1.82. The van der Waals surface area contributed by atoms with E-state index in [0.29, 0.717) is 18.7 Å². The largest absolute Gasteiger partial charge is 0.411 e. The maximum Gasteiger partial charge on any atom is 0.0949 e. The highest BCUT2D eigenvalue weighted by Crippen LogP contribution is 2.11. The Bertz CT molecular complexity index is 491. The van der Waals surface area contributed by atoms with Gasteiger partial charge >= 0.3 is 0 Å². The summed E-state index contributed by atoms with van der Waals surface area (Å²) in [6.45, 7) is 0.548. The maximum atomic E-state index is 8.99. The number of hydrogen-bond acceptors (Lipinski definition) is 3. The van der Waals surface area contributed by atoms with E-state index in [9.17, 15) is 0 Å². The van der Waals surface area contributed by atoms with Crippen molar-refractivity contribution < 1.29 is 5.21 Å². The van der Waals surface area contributed by atoms with E-state index in [1.54, 1.807) is 12.5 Å².